The molecule has 2 fully saturated rings. The maximum Gasteiger partial charge on any atom is 0.254 e. The molecule has 1 N–H and O–H groups in total. The van der Waals surface area contributed by atoms with E-state index in [0.717, 1.165) is 25.4 Å². The summed E-state index contributed by atoms with van der Waals surface area (Å²) in [6, 6.07) is 11.7. The molecule has 0 unspecified atom stereocenters. The van der Waals surface area contributed by atoms with E-state index < -0.39 is 0 Å². The average Bonchev–Trinajstić information content (AvgIpc) is 3.17. The molecule has 2 saturated heterocycles. The van der Waals surface area contributed by atoms with Crippen molar-refractivity contribution in [2.24, 2.45) is 11.8 Å². The summed E-state index contributed by atoms with van der Waals surface area (Å²) in [4.78, 5) is 31.6. The van der Waals surface area contributed by atoms with Crippen molar-refractivity contribution < 1.29 is 9.53 Å². The van der Waals surface area contributed by atoms with E-state index in [9.17, 15) is 9.59 Å². The maximum atomic E-state index is 12.9. The fourth-order valence-corrected chi connectivity index (χ4v) is 4.71. The van der Waals surface area contributed by atoms with Gasteiger partial charge in [0.25, 0.3) is 5.91 Å². The number of hydrogen-bond acceptors (Lipinski definition) is 4. The second kappa shape index (κ2) is 9.20. The molecule has 3 heterocycles. The molecule has 0 aliphatic carbocycles. The number of amides is 1. The van der Waals surface area contributed by atoms with E-state index in [0.29, 0.717) is 29.1 Å². The summed E-state index contributed by atoms with van der Waals surface area (Å²) in [5.41, 5.74) is 2.22. The number of nitrogens with zero attached hydrogens (tertiary/aromatic N) is 2. The van der Waals surface area contributed by atoms with Crippen molar-refractivity contribution in [3.63, 3.8) is 0 Å². The predicted molar refractivity (Wildman–Crippen MR) is 118 cm³/mol. The molecule has 29 heavy (non-hydrogen) atoms. The number of nitrogens with one attached hydrogen (secondary N) is 1. The molecule has 2 aromatic rings. The summed E-state index contributed by atoms with van der Waals surface area (Å²) in [5, 5.41) is 0. The lowest BCUT2D eigenvalue weighted by atomic mass is 9.89. The summed E-state index contributed by atoms with van der Waals surface area (Å²) in [7, 11) is 3.82. The van der Waals surface area contributed by atoms with Crippen molar-refractivity contribution in [1.29, 1.82) is 0 Å². The molecule has 4 rings (SSSR count). The number of hydrogen-bond donors (Lipinski definition) is 1. The predicted octanol–water partition coefficient (Wildman–Crippen LogP) is 2.91. The Morgan fingerprint density at radius 2 is 1.79 bits per heavy atom. The number of halogens is 2. The summed E-state index contributed by atoms with van der Waals surface area (Å²) >= 11 is 0. The second-order valence-corrected chi connectivity index (χ2v) is 7.71. The number of aromatic amines is 1. The van der Waals surface area contributed by atoms with Crippen molar-refractivity contribution in [3.8, 4) is 5.75 Å². The maximum absolute atomic E-state index is 12.9. The van der Waals surface area contributed by atoms with E-state index in [-0.39, 0.29) is 36.3 Å². The van der Waals surface area contributed by atoms with Gasteiger partial charge >= 0.3 is 0 Å². The van der Waals surface area contributed by atoms with Crippen LogP contribution in [0.4, 0.5) is 0 Å². The summed E-state index contributed by atoms with van der Waals surface area (Å²) < 4.78 is 5.27. The van der Waals surface area contributed by atoms with E-state index in [1.165, 1.54) is 11.6 Å². The number of likely N-dealkylation sites (tertiary alicyclic amines) is 2. The molecular weight excluding hydrogens is 413 g/mol. The third kappa shape index (κ3) is 4.44. The second-order valence-electron chi connectivity index (χ2n) is 7.71. The zero-order chi connectivity index (χ0) is 19.1. The first-order chi connectivity index (χ1) is 13.0. The highest BCUT2D eigenvalue weighted by molar-refractivity contribution is 5.94. The Hall–Kier alpha value is -2.02. The van der Waals surface area contributed by atoms with Crippen LogP contribution in [0.1, 0.15) is 27.7 Å². The van der Waals surface area contributed by atoms with Crippen LogP contribution >= 0.6 is 24.8 Å². The molecule has 0 saturated carbocycles. The van der Waals surface area contributed by atoms with Gasteiger partial charge in [0.2, 0.25) is 5.56 Å². The number of aromatic nitrogens is 1. The monoisotopic (exact) mass is 439 g/mol. The number of fused-ring (bicyclic) bond motifs is 1. The van der Waals surface area contributed by atoms with Crippen molar-refractivity contribution in [2.75, 3.05) is 33.8 Å². The Morgan fingerprint density at radius 1 is 1.10 bits per heavy atom. The molecule has 1 amide bonds. The molecular formula is C21H27Cl2N3O3. The smallest absolute Gasteiger partial charge is 0.254 e. The van der Waals surface area contributed by atoms with E-state index >= 15 is 0 Å². The van der Waals surface area contributed by atoms with Gasteiger partial charge in [0, 0.05) is 48.9 Å². The highest BCUT2D eigenvalue weighted by Crippen LogP contribution is 2.44. The van der Waals surface area contributed by atoms with Gasteiger partial charge in [-0.2, -0.15) is 0 Å². The Morgan fingerprint density at radius 3 is 2.41 bits per heavy atom. The van der Waals surface area contributed by atoms with Gasteiger partial charge in [-0.15, -0.1) is 24.8 Å². The molecule has 0 bridgehead atoms. The first kappa shape index (κ1) is 23.3. The number of carbonyl (C=O) groups is 1. The molecule has 3 atom stereocenters. The highest BCUT2D eigenvalue weighted by atomic mass is 35.5. The van der Waals surface area contributed by atoms with Gasteiger partial charge in [0.15, 0.2) is 0 Å². The standard InChI is InChI=1S/C21H25N3O3.2ClH/c1-13-8-15(9-19(25)22-13)21(26)24-11-16-10-23(2)20(18(16)12-24)14-4-6-17(27-3)7-5-14;;/h4-9,16,18,20H,10-12H2,1-3H3,(H,22,25);2*1H/t16-,18+,20+;;/m0../s1. The van der Waals surface area contributed by atoms with Crippen LogP contribution in [0.2, 0.25) is 0 Å². The van der Waals surface area contributed by atoms with E-state index in [1.807, 2.05) is 17.0 Å². The number of carbonyl (C=O) groups excluding carboxylic acids is 1. The van der Waals surface area contributed by atoms with E-state index in [2.05, 4.69) is 29.1 Å². The van der Waals surface area contributed by atoms with Crippen LogP contribution in [0.25, 0.3) is 0 Å². The first-order valence-corrected chi connectivity index (χ1v) is 9.30. The highest BCUT2D eigenvalue weighted by Gasteiger charge is 2.47. The summed E-state index contributed by atoms with van der Waals surface area (Å²) in [5.74, 6) is 1.66. The molecule has 2 aliphatic rings. The van der Waals surface area contributed by atoms with Crippen LogP contribution in [0.3, 0.4) is 0 Å². The number of ether oxygens (including phenoxy) is 1. The number of methoxy groups -OCH3 is 1. The Kier molecular flexibility index (Phi) is 7.38. The molecule has 2 aliphatic heterocycles. The average molecular weight is 440 g/mol. The van der Waals surface area contributed by atoms with Crippen LogP contribution in [-0.2, 0) is 0 Å². The van der Waals surface area contributed by atoms with Crippen LogP contribution in [0.5, 0.6) is 5.75 Å². The summed E-state index contributed by atoms with van der Waals surface area (Å²) in [6.07, 6.45) is 0. The number of pyridine rings is 1. The molecule has 0 spiro atoms. The van der Waals surface area contributed by atoms with Crippen molar-refractivity contribution in [1.82, 2.24) is 14.8 Å². The van der Waals surface area contributed by atoms with Gasteiger partial charge in [0.05, 0.1) is 7.11 Å². The van der Waals surface area contributed by atoms with Crippen molar-refractivity contribution >= 4 is 30.7 Å². The minimum Gasteiger partial charge on any atom is -0.497 e. The topological polar surface area (TPSA) is 65.6 Å². The minimum absolute atomic E-state index is 0. The number of aryl methyl sites for hydroxylation is 1. The fourth-order valence-electron chi connectivity index (χ4n) is 4.71. The van der Waals surface area contributed by atoms with Crippen LogP contribution in [0.15, 0.2) is 41.2 Å². The van der Waals surface area contributed by atoms with Gasteiger partial charge in [-0.3, -0.25) is 14.5 Å². The van der Waals surface area contributed by atoms with E-state index in [1.54, 1.807) is 20.1 Å². The molecule has 8 heteroatoms. The largest absolute Gasteiger partial charge is 0.497 e. The lowest BCUT2D eigenvalue weighted by molar-refractivity contribution is 0.0767. The third-order valence-corrected chi connectivity index (χ3v) is 5.86. The van der Waals surface area contributed by atoms with Crippen molar-refractivity contribution in [3.05, 3.63) is 63.6 Å². The van der Waals surface area contributed by atoms with Gasteiger partial charge in [0.1, 0.15) is 5.75 Å². The van der Waals surface area contributed by atoms with Gasteiger partial charge in [-0.05, 0) is 43.7 Å². The Labute approximate surface area is 183 Å². The first-order valence-electron chi connectivity index (χ1n) is 9.30. The number of H-pyrrole nitrogens is 1. The Bertz CT molecular complexity index is 916. The van der Waals surface area contributed by atoms with E-state index in [4.69, 9.17) is 4.74 Å². The molecule has 0 radical (unpaired) electrons. The normalized spacial score (nSPS) is 23.1. The van der Waals surface area contributed by atoms with Crippen LogP contribution < -0.4 is 10.3 Å². The van der Waals surface area contributed by atoms with Gasteiger partial charge in [-0.25, -0.2) is 0 Å². The van der Waals surface area contributed by atoms with Crippen LogP contribution in [0, 0.1) is 18.8 Å². The zero-order valence-corrected chi connectivity index (χ0v) is 18.4. The molecule has 1 aromatic heterocycles. The third-order valence-electron chi connectivity index (χ3n) is 5.86. The van der Waals surface area contributed by atoms with Gasteiger partial charge < -0.3 is 14.6 Å². The molecule has 1 aromatic carbocycles. The number of benzene rings is 1. The lowest BCUT2D eigenvalue weighted by Gasteiger charge is -2.27. The molecule has 158 valence electrons. The quantitative estimate of drug-likeness (QED) is 0.798. The number of rotatable bonds is 3. The zero-order valence-electron chi connectivity index (χ0n) is 16.8. The van der Waals surface area contributed by atoms with Crippen molar-refractivity contribution in [2.45, 2.75) is 13.0 Å². The lowest BCUT2D eigenvalue weighted by Crippen LogP contribution is -2.34. The Balaban J connectivity index is 0.00000150. The van der Waals surface area contributed by atoms with Crippen LogP contribution in [-0.4, -0.2) is 54.5 Å². The fraction of sp³-hybridized carbons (Fsp3) is 0.429. The minimum atomic E-state index is -0.228. The SMILES string of the molecule is COc1ccc([C@@H]2[C@@H]3CN(C(=O)c4cc(C)[nH]c(=O)c4)C[C@@H]3CN2C)cc1.Cl.Cl. The van der Waals surface area contributed by atoms with Gasteiger partial charge in [-0.1, -0.05) is 12.1 Å². The summed E-state index contributed by atoms with van der Waals surface area (Å²) in [6.45, 7) is 4.23. The molecule has 6 nitrogen and oxygen atoms in total.